The molecule has 3 rings (SSSR count). The fourth-order valence-corrected chi connectivity index (χ4v) is 8.01. The number of carboxylic acid groups (broad SMARTS) is 1. The van der Waals surface area contributed by atoms with Crippen LogP contribution in [0.4, 0.5) is 22.1 Å². The highest BCUT2D eigenvalue weighted by atomic mass is 32.1. The highest BCUT2D eigenvalue weighted by molar-refractivity contribution is 7.10. The molecule has 1 fully saturated rings. The maximum Gasteiger partial charge on any atom is 0.247 e. The van der Waals surface area contributed by atoms with Crippen LogP contribution >= 0.6 is 11.5 Å². The molecule has 3 atom stereocenters. The Hall–Kier alpha value is -3.93. The zero-order valence-corrected chi connectivity index (χ0v) is 41.9. The molecule has 360 valence electrons. The largest absolute Gasteiger partial charge is 0.549 e. The Labute approximate surface area is 381 Å². The highest BCUT2D eigenvalue weighted by Crippen LogP contribution is 2.49. The van der Waals surface area contributed by atoms with E-state index in [1.165, 1.54) is 32.7 Å². The van der Waals surface area contributed by atoms with Gasteiger partial charge < -0.3 is 59.5 Å². The van der Waals surface area contributed by atoms with Gasteiger partial charge in [-0.25, -0.2) is 9.22 Å². The number of carbonyl (C=O) groups excluding carboxylic acids is 3. The van der Waals surface area contributed by atoms with Crippen LogP contribution in [0, 0.1) is 42.6 Å². The maximum absolute atomic E-state index is 11.3. The van der Waals surface area contributed by atoms with Gasteiger partial charge in [0, 0.05) is 81.3 Å². The number of hydrogen-bond acceptors (Lipinski definition) is 15. The lowest BCUT2D eigenvalue weighted by Gasteiger charge is -2.46. The number of quaternary nitrogens is 1. The number of rotatable bonds is 21. The number of nitrogens with one attached hydrogen (secondary N) is 1. The van der Waals surface area contributed by atoms with Crippen LogP contribution in [-0.4, -0.2) is 123 Å². The third-order valence-electron chi connectivity index (χ3n) is 9.94. The van der Waals surface area contributed by atoms with E-state index in [1.807, 2.05) is 26.0 Å². The number of amides is 1. The average Bonchev–Trinajstić information content (AvgIpc) is 3.55. The molecule has 1 aromatic carbocycles. The van der Waals surface area contributed by atoms with Gasteiger partial charge in [0.2, 0.25) is 11.6 Å². The Morgan fingerprint density at radius 3 is 2.00 bits per heavy atom. The van der Waals surface area contributed by atoms with E-state index in [-0.39, 0.29) is 48.0 Å². The van der Waals surface area contributed by atoms with Crippen molar-refractivity contribution in [2.45, 2.75) is 94.1 Å². The van der Waals surface area contributed by atoms with Crippen molar-refractivity contribution < 1.29 is 47.9 Å². The molecule has 18 heteroatoms. The summed E-state index contributed by atoms with van der Waals surface area (Å²) in [5, 5.41) is 22.5. The standard InChI is InChI=1S/C18H23N5O2S.C15H27NO2.C7H14O4.C5H12O2.H3N/c1-13-12-15(23(8-10-24-4)9-11-25-5)6-7-16(13)20-21-18-17(19-3)14(2)22-26-18;1-11(17)6-13-7-14(3,4)9-15(5,8-13)10-16-12(2)18;1-7(4-10-2,5-11-3)6(8)9;1-5(7-3)4-6-2;/h6-7,12H,8-11H2,1-2,4-5H3;13H,6-10H2,1-5H3,(H,16,18);4-5H2,1-3H3,(H,8,9);5H,4H2,1-3H3;1H3. The number of carbonyl (C=O) groups is 3. The number of azo groups is 1. The van der Waals surface area contributed by atoms with Gasteiger partial charge in [-0.1, -0.05) is 20.8 Å². The number of ketones is 1. The van der Waals surface area contributed by atoms with E-state index in [4.69, 9.17) is 35.0 Å². The number of nitrogens with zero attached hydrogens (tertiary/aromatic N) is 5. The quantitative estimate of drug-likeness (QED) is 0.0903. The van der Waals surface area contributed by atoms with Gasteiger partial charge in [0.15, 0.2) is 5.00 Å². The van der Waals surface area contributed by atoms with E-state index in [0.717, 1.165) is 55.8 Å². The van der Waals surface area contributed by atoms with Gasteiger partial charge in [-0.2, -0.15) is 5.11 Å². The zero-order valence-electron chi connectivity index (χ0n) is 41.1. The van der Waals surface area contributed by atoms with Crippen molar-refractivity contribution in [2.24, 2.45) is 32.4 Å². The topological polar surface area (TPSA) is 223 Å². The van der Waals surface area contributed by atoms with Crippen molar-refractivity contribution >= 4 is 51.3 Å². The molecule has 0 spiro atoms. The summed E-state index contributed by atoms with van der Waals surface area (Å²) >= 11 is 1.19. The molecule has 0 radical (unpaired) electrons. The second-order valence-corrected chi connectivity index (χ2v) is 17.9. The first kappa shape index (κ1) is 61.2. The minimum atomic E-state index is -1.15. The lowest BCUT2D eigenvalue weighted by atomic mass is 9.60. The first-order valence-corrected chi connectivity index (χ1v) is 21.4. The van der Waals surface area contributed by atoms with E-state index < -0.39 is 11.4 Å². The first-order valence-electron chi connectivity index (χ1n) is 20.6. The predicted molar refractivity (Wildman–Crippen MR) is 249 cm³/mol. The second kappa shape index (κ2) is 31.8. The monoisotopic (exact) mass is 910 g/mol. The smallest absolute Gasteiger partial charge is 0.247 e. The molecule has 17 nitrogen and oxygen atoms in total. The summed E-state index contributed by atoms with van der Waals surface area (Å²) in [5.74, 6) is -0.381. The molecule has 0 aliphatic heterocycles. The van der Waals surface area contributed by atoms with Crippen LogP contribution in [0.5, 0.6) is 0 Å². The molecule has 63 heavy (non-hydrogen) atoms. The Kier molecular flexibility index (Phi) is 30.9. The summed E-state index contributed by atoms with van der Waals surface area (Å²) in [6.07, 6.45) is 4.16. The fraction of sp³-hybridized carbons (Fsp3) is 0.711. The number of aromatic nitrogens is 1. The van der Waals surface area contributed by atoms with Gasteiger partial charge in [0.25, 0.3) is 0 Å². The normalized spacial score (nSPS) is 17.0. The van der Waals surface area contributed by atoms with Gasteiger partial charge in [0.05, 0.1) is 68.5 Å². The van der Waals surface area contributed by atoms with E-state index in [0.29, 0.717) is 48.5 Å². The fourth-order valence-electron chi connectivity index (χ4n) is 7.34. The summed E-state index contributed by atoms with van der Waals surface area (Å²) in [6, 6.07) is 6.03. The molecule has 5 N–H and O–H groups in total. The molecular formula is C45H79N7O10S. The van der Waals surface area contributed by atoms with Crippen molar-refractivity contribution in [1.82, 2.24) is 15.8 Å². The lowest BCUT2D eigenvalue weighted by Crippen LogP contribution is -2.46. The lowest BCUT2D eigenvalue weighted by molar-refractivity contribution is -0.322. The van der Waals surface area contributed by atoms with Crippen molar-refractivity contribution in [1.29, 1.82) is 0 Å². The molecule has 3 unspecified atom stereocenters. The number of benzene rings is 1. The van der Waals surface area contributed by atoms with Crippen LogP contribution in [-0.2, 0) is 42.8 Å². The predicted octanol–water partition coefficient (Wildman–Crippen LogP) is 7.84. The number of aliphatic carboxylic acids is 1. The third-order valence-corrected chi connectivity index (χ3v) is 10.8. The molecule has 1 saturated carbocycles. The Balaban J connectivity index is 0. The summed E-state index contributed by atoms with van der Waals surface area (Å²) < 4.78 is 33.6. The van der Waals surface area contributed by atoms with Crippen LogP contribution < -0.4 is 21.5 Å². The Bertz CT molecular complexity index is 1690. The highest BCUT2D eigenvalue weighted by Gasteiger charge is 2.41. The van der Waals surface area contributed by atoms with Crippen LogP contribution in [0.1, 0.15) is 85.4 Å². The molecule has 2 aromatic rings. The van der Waals surface area contributed by atoms with Crippen LogP contribution in [0.25, 0.3) is 4.85 Å². The molecule has 0 bridgehead atoms. The number of anilines is 1. The van der Waals surface area contributed by atoms with Crippen molar-refractivity contribution in [3.8, 4) is 0 Å². The Morgan fingerprint density at radius 1 is 0.984 bits per heavy atom. The van der Waals surface area contributed by atoms with Crippen molar-refractivity contribution in [3.05, 3.63) is 40.9 Å². The minimum absolute atomic E-state index is 0. The summed E-state index contributed by atoms with van der Waals surface area (Å²) in [4.78, 5) is 38.6. The van der Waals surface area contributed by atoms with Gasteiger partial charge in [-0.05, 0) is 106 Å². The number of hydrogen-bond donors (Lipinski definition) is 2. The second-order valence-electron chi connectivity index (χ2n) is 17.1. The molecule has 1 aliphatic rings. The van der Waals surface area contributed by atoms with Crippen LogP contribution in [0.2, 0.25) is 0 Å². The van der Waals surface area contributed by atoms with Gasteiger partial charge in [0.1, 0.15) is 5.78 Å². The molecule has 1 amide bonds. The summed E-state index contributed by atoms with van der Waals surface area (Å²) in [5.41, 5.74) is 3.37. The Morgan fingerprint density at radius 2 is 1.57 bits per heavy atom. The zero-order chi connectivity index (χ0) is 47.5. The van der Waals surface area contributed by atoms with Crippen molar-refractivity contribution in [3.63, 3.8) is 0 Å². The van der Waals surface area contributed by atoms with E-state index in [2.05, 4.69) is 56.5 Å². The summed E-state index contributed by atoms with van der Waals surface area (Å²) in [7, 11) is 9.61. The van der Waals surface area contributed by atoms with E-state index in [9.17, 15) is 19.5 Å². The van der Waals surface area contributed by atoms with Gasteiger partial charge in [-0.15, -0.1) is 5.11 Å². The van der Waals surface area contributed by atoms with Crippen molar-refractivity contribution in [2.75, 3.05) is 100 Å². The molecule has 1 aliphatic carbocycles. The van der Waals surface area contributed by atoms with Gasteiger partial charge in [-0.3, -0.25) is 4.79 Å². The molecular weight excluding hydrogens is 831 g/mol. The maximum atomic E-state index is 11.3. The van der Waals surface area contributed by atoms with Crippen LogP contribution in [0.15, 0.2) is 28.4 Å². The molecule has 0 saturated heterocycles. The molecule has 1 heterocycles. The number of aryl methyl sites for hydroxylation is 2. The minimum Gasteiger partial charge on any atom is -0.549 e. The van der Waals surface area contributed by atoms with Crippen LogP contribution in [0.3, 0.4) is 0 Å². The first-order chi connectivity index (χ1) is 29.1. The number of methoxy groups -OCH3 is 6. The number of ether oxygens (including phenoxy) is 6. The number of carboxylic acids is 1. The third kappa shape index (κ3) is 24.6. The SMILES string of the molecule is CC(=O)CC1CC(C)(C)CC(C)(CNC(C)=O)C1.COCC(C)(COC)C(=O)[O-].COCC(C)OC.[C-]#[N+]c1c(C)nsc1N=Nc1ccc(N(CCOC)CCOC)cc1C.[NH4+]. The average molecular weight is 910 g/mol. The molecule has 1 aromatic heterocycles. The number of Topliss-reactive ketones (excluding diaryl/α,β-unsaturated/α-hetero) is 1. The summed E-state index contributed by atoms with van der Waals surface area (Å²) in [6.45, 7) is 29.0. The van der Waals surface area contributed by atoms with E-state index >= 15 is 0 Å². The van der Waals surface area contributed by atoms with Gasteiger partial charge >= 0.3 is 0 Å². The van der Waals surface area contributed by atoms with E-state index in [1.54, 1.807) is 49.2 Å².